The fourth-order valence-electron chi connectivity index (χ4n) is 2.56. The summed E-state index contributed by atoms with van der Waals surface area (Å²) >= 11 is 0. The average molecular weight is 269 g/mol. The van der Waals surface area contributed by atoms with E-state index in [1.165, 1.54) is 0 Å². The zero-order valence-corrected chi connectivity index (χ0v) is 13.1. The lowest BCUT2D eigenvalue weighted by Gasteiger charge is -2.37. The molecule has 0 aromatic rings. The molecule has 0 aromatic carbocycles. The van der Waals surface area contributed by atoms with Crippen molar-refractivity contribution in [3.05, 3.63) is 0 Å². The fraction of sp³-hybridized carbons (Fsp3) is 0.933. The van der Waals surface area contributed by atoms with Gasteiger partial charge in [0, 0.05) is 38.8 Å². The maximum absolute atomic E-state index is 12.7. The number of piperazine rings is 1. The summed E-state index contributed by atoms with van der Waals surface area (Å²) < 4.78 is 0. The molecule has 4 nitrogen and oxygen atoms in total. The van der Waals surface area contributed by atoms with Crippen molar-refractivity contribution < 1.29 is 4.79 Å². The van der Waals surface area contributed by atoms with E-state index in [9.17, 15) is 4.79 Å². The van der Waals surface area contributed by atoms with Crippen molar-refractivity contribution in [2.75, 3.05) is 32.7 Å². The Hall–Kier alpha value is -0.610. The van der Waals surface area contributed by atoms with E-state index in [1.807, 2.05) is 0 Å². The molecule has 1 aliphatic heterocycles. The largest absolute Gasteiger partial charge is 0.339 e. The Morgan fingerprint density at radius 3 is 2.42 bits per heavy atom. The van der Waals surface area contributed by atoms with Crippen LogP contribution in [0.3, 0.4) is 0 Å². The highest BCUT2D eigenvalue weighted by Gasteiger charge is 2.28. The standard InChI is InChI=1S/C15H31N3O/c1-5-7-10-18(13(3)6-2)15(19)14(4)17-11-8-16-9-12-17/h13-14,16H,5-12H2,1-4H3. The molecule has 1 fully saturated rings. The number of hydrogen-bond donors (Lipinski definition) is 1. The van der Waals surface area contributed by atoms with Gasteiger partial charge in [0.05, 0.1) is 6.04 Å². The number of hydrogen-bond acceptors (Lipinski definition) is 3. The third-order valence-corrected chi connectivity index (χ3v) is 4.22. The maximum atomic E-state index is 12.7. The SMILES string of the molecule is CCCCN(C(=O)C(C)N1CCNCC1)C(C)CC. The molecule has 19 heavy (non-hydrogen) atoms. The van der Waals surface area contributed by atoms with Crippen molar-refractivity contribution in [2.45, 2.75) is 59.0 Å². The van der Waals surface area contributed by atoms with Gasteiger partial charge >= 0.3 is 0 Å². The lowest BCUT2D eigenvalue weighted by molar-refractivity contribution is -0.138. The predicted octanol–water partition coefficient (Wildman–Crippen LogP) is 1.71. The number of rotatable bonds is 7. The van der Waals surface area contributed by atoms with Crippen molar-refractivity contribution in [1.82, 2.24) is 15.1 Å². The van der Waals surface area contributed by atoms with Gasteiger partial charge in [-0.25, -0.2) is 0 Å². The molecule has 2 unspecified atom stereocenters. The number of amides is 1. The quantitative estimate of drug-likeness (QED) is 0.764. The Kier molecular flexibility index (Phi) is 7.39. The Bertz CT molecular complexity index is 264. The van der Waals surface area contributed by atoms with Crippen LogP contribution in [0.15, 0.2) is 0 Å². The zero-order chi connectivity index (χ0) is 14.3. The Labute approximate surface area is 118 Å². The smallest absolute Gasteiger partial charge is 0.239 e. The summed E-state index contributed by atoms with van der Waals surface area (Å²) in [6, 6.07) is 0.373. The van der Waals surface area contributed by atoms with Gasteiger partial charge in [0.1, 0.15) is 0 Å². The van der Waals surface area contributed by atoms with Gasteiger partial charge in [-0.05, 0) is 26.7 Å². The number of unbranched alkanes of at least 4 members (excludes halogenated alkanes) is 1. The minimum absolute atomic E-state index is 0.0213. The second kappa shape index (κ2) is 8.54. The summed E-state index contributed by atoms with van der Waals surface area (Å²) in [6.07, 6.45) is 3.27. The molecule has 2 atom stereocenters. The molecule has 0 radical (unpaired) electrons. The second-order valence-electron chi connectivity index (χ2n) is 5.60. The van der Waals surface area contributed by atoms with E-state index in [1.54, 1.807) is 0 Å². The number of carbonyl (C=O) groups is 1. The molecule has 0 spiro atoms. The second-order valence-corrected chi connectivity index (χ2v) is 5.60. The van der Waals surface area contributed by atoms with Crippen LogP contribution in [0.5, 0.6) is 0 Å². The van der Waals surface area contributed by atoms with Crippen LogP contribution in [-0.2, 0) is 4.79 Å². The van der Waals surface area contributed by atoms with E-state index < -0.39 is 0 Å². The molecule has 0 bridgehead atoms. The lowest BCUT2D eigenvalue weighted by Crippen LogP contribution is -2.55. The molecule has 1 saturated heterocycles. The van der Waals surface area contributed by atoms with Crippen molar-refractivity contribution in [1.29, 1.82) is 0 Å². The summed E-state index contributed by atoms with van der Waals surface area (Å²) in [5.41, 5.74) is 0. The topological polar surface area (TPSA) is 35.6 Å². The highest BCUT2D eigenvalue weighted by molar-refractivity contribution is 5.81. The van der Waals surface area contributed by atoms with E-state index in [2.05, 4.69) is 42.8 Å². The third kappa shape index (κ3) is 4.77. The molecule has 112 valence electrons. The summed E-state index contributed by atoms with van der Waals surface area (Å²) in [4.78, 5) is 17.1. The summed E-state index contributed by atoms with van der Waals surface area (Å²) in [6.45, 7) is 13.4. The molecule has 4 heteroatoms. The van der Waals surface area contributed by atoms with Gasteiger partial charge in [0.25, 0.3) is 0 Å². The van der Waals surface area contributed by atoms with Crippen LogP contribution in [0, 0.1) is 0 Å². The molecular formula is C15H31N3O. The molecule has 1 aliphatic rings. The first-order chi connectivity index (χ1) is 9.11. The van der Waals surface area contributed by atoms with Crippen LogP contribution < -0.4 is 5.32 Å². The van der Waals surface area contributed by atoms with Gasteiger partial charge in [-0.3, -0.25) is 9.69 Å². The van der Waals surface area contributed by atoms with Gasteiger partial charge in [-0.15, -0.1) is 0 Å². The van der Waals surface area contributed by atoms with Crippen LogP contribution >= 0.6 is 0 Å². The highest BCUT2D eigenvalue weighted by Crippen LogP contribution is 2.12. The van der Waals surface area contributed by atoms with E-state index in [4.69, 9.17) is 0 Å². The molecule has 1 heterocycles. The average Bonchev–Trinajstić information content (AvgIpc) is 2.47. The fourth-order valence-corrected chi connectivity index (χ4v) is 2.56. The van der Waals surface area contributed by atoms with Crippen LogP contribution in [0.1, 0.15) is 47.0 Å². The van der Waals surface area contributed by atoms with Crippen molar-refractivity contribution in [3.63, 3.8) is 0 Å². The van der Waals surface area contributed by atoms with Gasteiger partial charge in [-0.1, -0.05) is 20.3 Å². The molecule has 1 N–H and O–H groups in total. The summed E-state index contributed by atoms with van der Waals surface area (Å²) in [5.74, 6) is 0.310. The number of nitrogens with zero attached hydrogens (tertiary/aromatic N) is 2. The Morgan fingerprint density at radius 1 is 1.26 bits per heavy atom. The Balaban J connectivity index is 2.62. The maximum Gasteiger partial charge on any atom is 0.239 e. The normalized spacial score (nSPS) is 20.0. The van der Waals surface area contributed by atoms with E-state index in [0.29, 0.717) is 11.9 Å². The monoisotopic (exact) mass is 269 g/mol. The first kappa shape index (κ1) is 16.4. The van der Waals surface area contributed by atoms with Crippen molar-refractivity contribution in [3.8, 4) is 0 Å². The minimum atomic E-state index is 0.0213. The first-order valence-electron chi connectivity index (χ1n) is 7.87. The van der Waals surface area contributed by atoms with Gasteiger partial charge in [0.15, 0.2) is 0 Å². The molecule has 0 aromatic heterocycles. The van der Waals surface area contributed by atoms with Crippen molar-refractivity contribution >= 4 is 5.91 Å². The molecule has 0 aliphatic carbocycles. The molecule has 1 rings (SSSR count). The highest BCUT2D eigenvalue weighted by atomic mass is 16.2. The van der Waals surface area contributed by atoms with Crippen LogP contribution in [0.4, 0.5) is 0 Å². The van der Waals surface area contributed by atoms with Crippen LogP contribution in [0.25, 0.3) is 0 Å². The van der Waals surface area contributed by atoms with Gasteiger partial charge < -0.3 is 10.2 Å². The summed E-state index contributed by atoms with van der Waals surface area (Å²) in [7, 11) is 0. The predicted molar refractivity (Wildman–Crippen MR) is 80.3 cm³/mol. The van der Waals surface area contributed by atoms with E-state index in [-0.39, 0.29) is 6.04 Å². The first-order valence-corrected chi connectivity index (χ1v) is 7.87. The zero-order valence-electron chi connectivity index (χ0n) is 13.1. The summed E-state index contributed by atoms with van der Waals surface area (Å²) in [5, 5.41) is 3.34. The molecule has 0 saturated carbocycles. The van der Waals surface area contributed by atoms with E-state index >= 15 is 0 Å². The number of nitrogens with one attached hydrogen (secondary N) is 1. The molecular weight excluding hydrogens is 238 g/mol. The van der Waals surface area contributed by atoms with Crippen molar-refractivity contribution in [2.24, 2.45) is 0 Å². The third-order valence-electron chi connectivity index (χ3n) is 4.22. The van der Waals surface area contributed by atoms with E-state index in [0.717, 1.165) is 52.0 Å². The Morgan fingerprint density at radius 2 is 1.89 bits per heavy atom. The lowest BCUT2D eigenvalue weighted by atomic mass is 10.1. The van der Waals surface area contributed by atoms with Gasteiger partial charge in [-0.2, -0.15) is 0 Å². The number of carbonyl (C=O) groups excluding carboxylic acids is 1. The van der Waals surface area contributed by atoms with Crippen LogP contribution in [-0.4, -0.2) is 60.5 Å². The minimum Gasteiger partial charge on any atom is -0.339 e. The van der Waals surface area contributed by atoms with Gasteiger partial charge in [0.2, 0.25) is 5.91 Å². The molecule has 1 amide bonds. The van der Waals surface area contributed by atoms with Crippen LogP contribution in [0.2, 0.25) is 0 Å².